The molecule has 0 fully saturated rings. The van der Waals surface area contributed by atoms with Crippen LogP contribution in [0.25, 0.3) is 10.9 Å². The van der Waals surface area contributed by atoms with Crippen LogP contribution < -0.4 is 20.5 Å². The maximum atomic E-state index is 5.41. The summed E-state index contributed by atoms with van der Waals surface area (Å²) >= 11 is 0. The van der Waals surface area contributed by atoms with Gasteiger partial charge in [0.1, 0.15) is 12.1 Å². The minimum Gasteiger partial charge on any atom is -0.493 e. The molecule has 4 aromatic rings. The first-order chi connectivity index (χ1) is 15.8. The Morgan fingerprint density at radius 3 is 2.00 bits per heavy atom. The molecule has 33 heavy (non-hydrogen) atoms. The highest BCUT2D eigenvalue weighted by molar-refractivity contribution is 5.93. The maximum absolute atomic E-state index is 5.41. The topological polar surface area (TPSA) is 82.3 Å². The van der Waals surface area contributed by atoms with E-state index in [4.69, 9.17) is 15.2 Å². The molecule has 3 aromatic carbocycles. The lowest BCUT2D eigenvalue weighted by Gasteiger charge is -2.12. The first-order valence-electron chi connectivity index (χ1n) is 10.8. The van der Waals surface area contributed by atoms with Gasteiger partial charge in [-0.25, -0.2) is 9.97 Å². The van der Waals surface area contributed by atoms with Crippen molar-refractivity contribution in [2.45, 2.75) is 32.7 Å². The zero-order chi connectivity index (χ0) is 23.8. The van der Waals surface area contributed by atoms with Gasteiger partial charge in [-0.1, -0.05) is 42.5 Å². The van der Waals surface area contributed by atoms with Gasteiger partial charge in [-0.15, -0.1) is 0 Å². The summed E-state index contributed by atoms with van der Waals surface area (Å²) in [5, 5.41) is 4.25. The van der Waals surface area contributed by atoms with Crippen LogP contribution in [0.2, 0.25) is 0 Å². The minimum atomic E-state index is 0. The number of hydrogen-bond donors (Lipinski definition) is 2. The minimum absolute atomic E-state index is 0. The molecule has 6 heteroatoms. The van der Waals surface area contributed by atoms with Crippen LogP contribution >= 0.6 is 0 Å². The Kier molecular flexibility index (Phi) is 7.85. The van der Waals surface area contributed by atoms with E-state index in [9.17, 15) is 0 Å². The van der Waals surface area contributed by atoms with Gasteiger partial charge in [0.2, 0.25) is 0 Å². The number of methoxy groups -OCH3 is 2. The third kappa shape index (κ3) is 7.19. The molecule has 172 valence electrons. The Bertz CT molecular complexity index is 1160. The number of rotatable bonds is 6. The van der Waals surface area contributed by atoms with E-state index in [1.807, 2.05) is 39.0 Å². The van der Waals surface area contributed by atoms with Crippen molar-refractivity contribution >= 4 is 22.4 Å². The molecule has 0 aliphatic rings. The maximum Gasteiger partial charge on any atom is 0.162 e. The molecule has 0 aliphatic carbocycles. The standard InChI is InChI=1S/C23H21N3O2.C4H11N/c1-27-21-13-19-20(14-22(21)28-2)24-15-25-23(19)26-18-10-8-17(9-11-18)12-16-6-4-3-5-7-16;1-4(2,3)5/h3-11,13-15H,12H2,1-2H3,(H,24,25,26);5H2,1-3H3. The Morgan fingerprint density at radius 2 is 1.39 bits per heavy atom. The van der Waals surface area contributed by atoms with Gasteiger partial charge in [-0.3, -0.25) is 0 Å². The van der Waals surface area contributed by atoms with Crippen LogP contribution in [0.5, 0.6) is 11.5 Å². The molecular weight excluding hydrogens is 412 g/mol. The molecule has 0 saturated carbocycles. The summed E-state index contributed by atoms with van der Waals surface area (Å²) in [7, 11) is 3.23. The van der Waals surface area contributed by atoms with Gasteiger partial charge in [0, 0.05) is 22.7 Å². The Morgan fingerprint density at radius 1 is 0.818 bits per heavy atom. The summed E-state index contributed by atoms with van der Waals surface area (Å²) in [6.45, 7) is 5.90. The zero-order valence-corrected chi connectivity index (χ0v) is 19.9. The van der Waals surface area contributed by atoms with Gasteiger partial charge in [-0.2, -0.15) is 0 Å². The Balaban J connectivity index is 0.000000555. The lowest BCUT2D eigenvalue weighted by Crippen LogP contribution is -2.26. The highest BCUT2D eigenvalue weighted by Gasteiger charge is 2.11. The highest BCUT2D eigenvalue weighted by Crippen LogP contribution is 2.34. The highest BCUT2D eigenvalue weighted by atomic mass is 16.5. The van der Waals surface area contributed by atoms with Crippen molar-refractivity contribution in [2.75, 3.05) is 19.5 Å². The molecule has 0 bridgehead atoms. The summed E-state index contributed by atoms with van der Waals surface area (Å²) in [5.74, 6) is 2.01. The smallest absolute Gasteiger partial charge is 0.162 e. The number of hydrogen-bond acceptors (Lipinski definition) is 6. The van der Waals surface area contributed by atoms with Crippen molar-refractivity contribution < 1.29 is 9.47 Å². The lowest BCUT2D eigenvalue weighted by atomic mass is 10.0. The van der Waals surface area contributed by atoms with E-state index in [0.717, 1.165) is 28.8 Å². The van der Waals surface area contributed by atoms with Crippen molar-refractivity contribution in [3.63, 3.8) is 0 Å². The summed E-state index contributed by atoms with van der Waals surface area (Å²) in [5.41, 5.74) is 9.66. The van der Waals surface area contributed by atoms with E-state index < -0.39 is 0 Å². The molecule has 0 radical (unpaired) electrons. The van der Waals surface area contributed by atoms with E-state index in [0.29, 0.717) is 11.5 Å². The molecule has 0 aliphatic heterocycles. The fraction of sp³-hybridized carbons (Fsp3) is 0.259. The van der Waals surface area contributed by atoms with Crippen LogP contribution in [-0.4, -0.2) is 29.7 Å². The van der Waals surface area contributed by atoms with Crippen LogP contribution in [0.4, 0.5) is 11.5 Å². The molecular formula is C27H32N4O2. The lowest BCUT2D eigenvalue weighted by molar-refractivity contribution is 0.356. The van der Waals surface area contributed by atoms with Gasteiger partial charge in [-0.05, 0) is 56.5 Å². The predicted octanol–water partition coefficient (Wildman–Crippen LogP) is 5.73. The number of nitrogens with zero attached hydrogens (tertiary/aromatic N) is 2. The molecule has 0 unspecified atom stereocenters. The average molecular weight is 445 g/mol. The van der Waals surface area contributed by atoms with Crippen molar-refractivity contribution in [2.24, 2.45) is 5.73 Å². The number of anilines is 2. The molecule has 1 aromatic heterocycles. The summed E-state index contributed by atoms with van der Waals surface area (Å²) in [4.78, 5) is 8.75. The van der Waals surface area contributed by atoms with Gasteiger partial charge >= 0.3 is 0 Å². The second kappa shape index (κ2) is 10.8. The zero-order valence-electron chi connectivity index (χ0n) is 19.9. The number of nitrogens with two attached hydrogens (primary N) is 1. The molecule has 4 rings (SSSR count). The molecule has 0 saturated heterocycles. The van der Waals surface area contributed by atoms with Crippen molar-refractivity contribution in [3.05, 3.63) is 84.2 Å². The monoisotopic (exact) mass is 444 g/mol. The number of aromatic nitrogens is 2. The predicted molar refractivity (Wildman–Crippen MR) is 136 cm³/mol. The fourth-order valence-corrected chi connectivity index (χ4v) is 3.16. The average Bonchev–Trinajstić information content (AvgIpc) is 2.79. The van der Waals surface area contributed by atoms with Crippen molar-refractivity contribution in [3.8, 4) is 11.5 Å². The summed E-state index contributed by atoms with van der Waals surface area (Å²) < 4.78 is 10.8. The number of ether oxygens (including phenoxy) is 2. The molecule has 0 atom stereocenters. The first-order valence-corrected chi connectivity index (χ1v) is 10.8. The molecule has 0 amide bonds. The molecule has 3 N–H and O–H groups in total. The van der Waals surface area contributed by atoms with Crippen LogP contribution in [0.15, 0.2) is 73.1 Å². The second-order valence-corrected chi connectivity index (χ2v) is 8.80. The normalized spacial score (nSPS) is 10.8. The van der Waals surface area contributed by atoms with E-state index >= 15 is 0 Å². The van der Waals surface area contributed by atoms with Crippen LogP contribution in [-0.2, 0) is 6.42 Å². The van der Waals surface area contributed by atoms with Gasteiger partial charge < -0.3 is 20.5 Å². The number of nitrogens with one attached hydrogen (secondary N) is 1. The second-order valence-electron chi connectivity index (χ2n) is 8.80. The largest absolute Gasteiger partial charge is 0.493 e. The SMILES string of the molecule is CC(C)(C)N.COc1cc2ncnc(Nc3ccc(Cc4ccccc4)cc3)c2cc1OC. The third-order valence-electron chi connectivity index (χ3n) is 4.61. The van der Waals surface area contributed by atoms with Crippen LogP contribution in [0.1, 0.15) is 31.9 Å². The van der Waals surface area contributed by atoms with Gasteiger partial charge in [0.05, 0.1) is 19.7 Å². The fourth-order valence-electron chi connectivity index (χ4n) is 3.16. The first kappa shape index (κ1) is 24.0. The van der Waals surface area contributed by atoms with E-state index in [2.05, 4.69) is 63.8 Å². The molecule has 1 heterocycles. The Hall–Kier alpha value is -3.64. The quantitative estimate of drug-likeness (QED) is 0.395. The summed E-state index contributed by atoms with van der Waals surface area (Å²) in [6, 6.07) is 22.6. The van der Waals surface area contributed by atoms with Crippen molar-refractivity contribution in [1.82, 2.24) is 9.97 Å². The van der Waals surface area contributed by atoms with Crippen LogP contribution in [0, 0.1) is 0 Å². The molecule has 0 spiro atoms. The van der Waals surface area contributed by atoms with E-state index in [-0.39, 0.29) is 5.54 Å². The molecule has 6 nitrogen and oxygen atoms in total. The van der Waals surface area contributed by atoms with Gasteiger partial charge in [0.25, 0.3) is 0 Å². The van der Waals surface area contributed by atoms with E-state index in [1.54, 1.807) is 20.5 Å². The Labute approximate surface area is 195 Å². The number of fused-ring (bicyclic) bond motifs is 1. The number of benzene rings is 3. The van der Waals surface area contributed by atoms with Gasteiger partial charge in [0.15, 0.2) is 11.5 Å². The third-order valence-corrected chi connectivity index (χ3v) is 4.61. The summed E-state index contributed by atoms with van der Waals surface area (Å²) in [6.07, 6.45) is 2.45. The van der Waals surface area contributed by atoms with Crippen molar-refractivity contribution in [1.29, 1.82) is 0 Å². The van der Waals surface area contributed by atoms with E-state index in [1.165, 1.54) is 11.1 Å². The van der Waals surface area contributed by atoms with Crippen LogP contribution in [0.3, 0.4) is 0 Å².